The van der Waals surface area contributed by atoms with Gasteiger partial charge in [0.05, 0.1) is 5.92 Å². The molecule has 0 aliphatic heterocycles. The SMILES string of the molecule is CCCCCCCCCC([C]=O)[C]=O. The van der Waals surface area contributed by atoms with E-state index in [-0.39, 0.29) is 0 Å². The van der Waals surface area contributed by atoms with Gasteiger partial charge in [0, 0.05) is 0 Å². The third kappa shape index (κ3) is 7.96. The molecule has 2 heteroatoms. The average molecular weight is 196 g/mol. The van der Waals surface area contributed by atoms with Crippen molar-refractivity contribution in [2.75, 3.05) is 0 Å². The lowest BCUT2D eigenvalue weighted by molar-refractivity contribution is 0.497. The van der Waals surface area contributed by atoms with Gasteiger partial charge in [0.1, 0.15) is 0 Å². The van der Waals surface area contributed by atoms with E-state index in [1.807, 2.05) is 0 Å². The van der Waals surface area contributed by atoms with E-state index >= 15 is 0 Å². The summed E-state index contributed by atoms with van der Waals surface area (Å²) < 4.78 is 0. The minimum absolute atomic E-state index is 0.606. The summed E-state index contributed by atoms with van der Waals surface area (Å²) in [5.41, 5.74) is 0. The summed E-state index contributed by atoms with van der Waals surface area (Å²) in [6, 6.07) is 0. The Balaban J connectivity index is 3.12. The molecule has 0 spiro atoms. The van der Waals surface area contributed by atoms with Gasteiger partial charge >= 0.3 is 0 Å². The Hall–Kier alpha value is -0.660. The topological polar surface area (TPSA) is 34.1 Å². The summed E-state index contributed by atoms with van der Waals surface area (Å²) >= 11 is 0. The molecular formula is C12H20O2. The highest BCUT2D eigenvalue weighted by molar-refractivity contribution is 5.77. The van der Waals surface area contributed by atoms with E-state index in [1.165, 1.54) is 32.1 Å². The summed E-state index contributed by atoms with van der Waals surface area (Å²) in [5, 5.41) is 0. The largest absolute Gasteiger partial charge is 0.290 e. The van der Waals surface area contributed by atoms with Gasteiger partial charge in [0.2, 0.25) is 12.6 Å². The maximum atomic E-state index is 10.2. The van der Waals surface area contributed by atoms with E-state index in [4.69, 9.17) is 0 Å². The monoisotopic (exact) mass is 196 g/mol. The molecule has 0 saturated carbocycles. The normalized spacial score (nSPS) is 10.4. The summed E-state index contributed by atoms with van der Waals surface area (Å²) in [5.74, 6) is -0.606. The van der Waals surface area contributed by atoms with Crippen LogP contribution < -0.4 is 0 Å². The maximum absolute atomic E-state index is 10.2. The molecular weight excluding hydrogens is 176 g/mol. The van der Waals surface area contributed by atoms with Crippen LogP contribution in [0.15, 0.2) is 0 Å². The second kappa shape index (κ2) is 10.4. The fourth-order valence-corrected chi connectivity index (χ4v) is 1.45. The van der Waals surface area contributed by atoms with Gasteiger partial charge in [-0.25, -0.2) is 0 Å². The predicted molar refractivity (Wildman–Crippen MR) is 57.5 cm³/mol. The van der Waals surface area contributed by atoms with Gasteiger partial charge in [-0.3, -0.25) is 9.59 Å². The second-order valence-corrected chi connectivity index (χ2v) is 3.70. The number of hydrogen-bond donors (Lipinski definition) is 0. The highest BCUT2D eigenvalue weighted by Crippen LogP contribution is 2.10. The van der Waals surface area contributed by atoms with Crippen LogP contribution in [-0.4, -0.2) is 12.6 Å². The Kier molecular flexibility index (Phi) is 9.93. The fraction of sp³-hybridized carbons (Fsp3) is 0.833. The molecule has 0 atom stereocenters. The van der Waals surface area contributed by atoms with Crippen molar-refractivity contribution >= 4 is 12.6 Å². The molecule has 80 valence electrons. The van der Waals surface area contributed by atoms with Crippen molar-refractivity contribution in [1.29, 1.82) is 0 Å². The third-order valence-electron chi connectivity index (χ3n) is 2.38. The molecule has 2 nitrogen and oxygen atoms in total. The van der Waals surface area contributed by atoms with Crippen molar-refractivity contribution in [3.05, 3.63) is 0 Å². The first-order valence-corrected chi connectivity index (χ1v) is 5.60. The Labute approximate surface area is 87.1 Å². The summed E-state index contributed by atoms with van der Waals surface area (Å²) in [6.45, 7) is 2.20. The first kappa shape index (κ1) is 13.3. The lowest BCUT2D eigenvalue weighted by Gasteiger charge is -2.01. The van der Waals surface area contributed by atoms with Gasteiger partial charge in [-0.05, 0) is 6.42 Å². The van der Waals surface area contributed by atoms with Gasteiger partial charge in [-0.15, -0.1) is 0 Å². The highest BCUT2D eigenvalue weighted by Gasteiger charge is 2.06. The van der Waals surface area contributed by atoms with Crippen molar-refractivity contribution in [1.82, 2.24) is 0 Å². The zero-order valence-corrected chi connectivity index (χ0v) is 9.05. The van der Waals surface area contributed by atoms with Gasteiger partial charge in [-0.2, -0.15) is 0 Å². The van der Waals surface area contributed by atoms with Gasteiger partial charge < -0.3 is 0 Å². The molecule has 0 N–H and O–H groups in total. The molecule has 0 aromatic carbocycles. The molecule has 2 radical (unpaired) electrons. The molecule has 0 bridgehead atoms. The van der Waals surface area contributed by atoms with Crippen LogP contribution in [0.3, 0.4) is 0 Å². The third-order valence-corrected chi connectivity index (χ3v) is 2.38. The molecule has 0 saturated heterocycles. The lowest BCUT2D eigenvalue weighted by atomic mass is 10.0. The van der Waals surface area contributed by atoms with Crippen molar-refractivity contribution in [2.45, 2.75) is 58.3 Å². The molecule has 0 fully saturated rings. The van der Waals surface area contributed by atoms with Crippen LogP contribution in [0.5, 0.6) is 0 Å². The lowest BCUT2D eigenvalue weighted by Crippen LogP contribution is -2.02. The van der Waals surface area contributed by atoms with E-state index in [2.05, 4.69) is 6.92 Å². The first-order chi connectivity index (χ1) is 6.85. The van der Waals surface area contributed by atoms with Gasteiger partial charge in [-0.1, -0.05) is 51.9 Å². The molecule has 0 aliphatic carbocycles. The zero-order valence-electron chi connectivity index (χ0n) is 9.05. The zero-order chi connectivity index (χ0) is 10.6. The summed E-state index contributed by atoms with van der Waals surface area (Å²) in [6.07, 6.45) is 12.4. The van der Waals surface area contributed by atoms with Crippen LogP contribution in [0.2, 0.25) is 0 Å². The molecule has 0 heterocycles. The van der Waals surface area contributed by atoms with Crippen LogP contribution in [-0.2, 0) is 9.59 Å². The van der Waals surface area contributed by atoms with Crippen molar-refractivity contribution < 1.29 is 9.59 Å². The standard InChI is InChI=1S/C12H20O2/c1-2-3-4-5-6-7-8-9-12(10-13)11-14/h12H,2-9H2,1H3. The van der Waals surface area contributed by atoms with E-state index in [0.29, 0.717) is 6.42 Å². The van der Waals surface area contributed by atoms with E-state index in [0.717, 1.165) is 12.8 Å². The number of carbonyl (C=O) groups excluding carboxylic acids is 2. The summed E-state index contributed by atoms with van der Waals surface area (Å²) in [4.78, 5) is 20.3. The molecule has 0 rings (SSSR count). The predicted octanol–water partition coefficient (Wildman–Crippen LogP) is 2.96. The van der Waals surface area contributed by atoms with Crippen molar-refractivity contribution in [3.63, 3.8) is 0 Å². The number of hydrogen-bond acceptors (Lipinski definition) is 2. The first-order valence-electron chi connectivity index (χ1n) is 5.60. The second-order valence-electron chi connectivity index (χ2n) is 3.70. The number of rotatable bonds is 10. The van der Waals surface area contributed by atoms with E-state index in [1.54, 1.807) is 12.6 Å². The van der Waals surface area contributed by atoms with Crippen LogP contribution in [0.1, 0.15) is 58.3 Å². The van der Waals surface area contributed by atoms with E-state index in [9.17, 15) is 9.59 Å². The van der Waals surface area contributed by atoms with Crippen LogP contribution >= 0.6 is 0 Å². The Morgan fingerprint density at radius 2 is 1.36 bits per heavy atom. The Bertz CT molecular complexity index is 135. The van der Waals surface area contributed by atoms with Crippen LogP contribution in [0.4, 0.5) is 0 Å². The Morgan fingerprint density at radius 1 is 0.857 bits per heavy atom. The minimum Gasteiger partial charge on any atom is -0.290 e. The maximum Gasteiger partial charge on any atom is 0.210 e. The van der Waals surface area contributed by atoms with Gasteiger partial charge in [0.15, 0.2) is 0 Å². The van der Waals surface area contributed by atoms with Crippen molar-refractivity contribution in [3.8, 4) is 0 Å². The smallest absolute Gasteiger partial charge is 0.210 e. The molecule has 0 amide bonds. The van der Waals surface area contributed by atoms with Crippen molar-refractivity contribution in [2.24, 2.45) is 5.92 Å². The Morgan fingerprint density at radius 3 is 1.86 bits per heavy atom. The van der Waals surface area contributed by atoms with Crippen LogP contribution in [0, 0.1) is 5.92 Å². The molecule has 0 aromatic rings. The van der Waals surface area contributed by atoms with Gasteiger partial charge in [0.25, 0.3) is 0 Å². The highest BCUT2D eigenvalue weighted by atomic mass is 16.1. The minimum atomic E-state index is -0.606. The molecule has 0 unspecified atom stereocenters. The number of unbranched alkanes of at least 4 members (excludes halogenated alkanes) is 6. The fourth-order valence-electron chi connectivity index (χ4n) is 1.45. The molecule has 0 aliphatic rings. The van der Waals surface area contributed by atoms with Crippen LogP contribution in [0.25, 0.3) is 0 Å². The quantitative estimate of drug-likeness (QED) is 0.397. The summed E-state index contributed by atoms with van der Waals surface area (Å²) in [7, 11) is 0. The molecule has 0 aromatic heterocycles. The molecule has 14 heavy (non-hydrogen) atoms. The average Bonchev–Trinajstić information content (AvgIpc) is 2.22. The van der Waals surface area contributed by atoms with E-state index < -0.39 is 5.92 Å².